The van der Waals surface area contributed by atoms with E-state index in [4.69, 9.17) is 14.2 Å². The van der Waals surface area contributed by atoms with Crippen LogP contribution in [0.5, 0.6) is 0 Å². The predicted molar refractivity (Wildman–Crippen MR) is 139 cm³/mol. The summed E-state index contributed by atoms with van der Waals surface area (Å²) in [6.07, 6.45) is 14.0. The fourth-order valence-corrected chi connectivity index (χ4v) is 4.18. The molecule has 8 nitrogen and oxygen atoms in total. The van der Waals surface area contributed by atoms with Crippen molar-refractivity contribution in [1.29, 1.82) is 0 Å². The molecule has 2 rings (SSSR count). The third-order valence-electron chi connectivity index (χ3n) is 6.43. The Morgan fingerprint density at radius 2 is 1.89 bits per heavy atom. The maximum atomic E-state index is 12.5. The lowest BCUT2D eigenvalue weighted by Crippen LogP contribution is -2.29. The Kier molecular flexibility index (Phi) is 12.6. The summed E-state index contributed by atoms with van der Waals surface area (Å²) in [5.41, 5.74) is 0.914. The highest BCUT2D eigenvalue weighted by Crippen LogP contribution is 2.22. The summed E-state index contributed by atoms with van der Waals surface area (Å²) in [6, 6.07) is 0. The molecule has 1 fully saturated rings. The fourth-order valence-electron chi connectivity index (χ4n) is 4.18. The zero-order valence-corrected chi connectivity index (χ0v) is 22.6. The van der Waals surface area contributed by atoms with E-state index in [0.717, 1.165) is 57.2 Å². The van der Waals surface area contributed by atoms with Crippen LogP contribution in [0.3, 0.4) is 0 Å². The molecule has 0 N–H and O–H groups in total. The molecule has 0 aromatic carbocycles. The maximum Gasteiger partial charge on any atom is 0.409 e. The van der Waals surface area contributed by atoms with Gasteiger partial charge in [0.25, 0.3) is 0 Å². The van der Waals surface area contributed by atoms with Crippen molar-refractivity contribution >= 4 is 18.2 Å². The minimum Gasteiger partial charge on any atom is -0.457 e. The summed E-state index contributed by atoms with van der Waals surface area (Å²) in [5.74, 6) is -0.239. The van der Waals surface area contributed by atoms with E-state index in [1.807, 2.05) is 51.2 Å². The van der Waals surface area contributed by atoms with Crippen molar-refractivity contribution in [3.8, 4) is 0 Å². The van der Waals surface area contributed by atoms with Crippen molar-refractivity contribution < 1.29 is 28.6 Å². The van der Waals surface area contributed by atoms with Crippen molar-refractivity contribution in [3.05, 3.63) is 36.0 Å². The average Bonchev–Trinajstić information content (AvgIpc) is 3.38. The van der Waals surface area contributed by atoms with Gasteiger partial charge in [-0.2, -0.15) is 0 Å². The molecule has 0 unspecified atom stereocenters. The number of ether oxygens (including phenoxy) is 3. The van der Waals surface area contributed by atoms with Gasteiger partial charge in [0.15, 0.2) is 0 Å². The van der Waals surface area contributed by atoms with Gasteiger partial charge < -0.3 is 24.0 Å². The summed E-state index contributed by atoms with van der Waals surface area (Å²) in [5, 5.41) is 0. The summed E-state index contributed by atoms with van der Waals surface area (Å²) in [4.78, 5) is 39.8. The first-order valence-corrected chi connectivity index (χ1v) is 13.2. The third kappa shape index (κ3) is 10.5. The Bertz CT molecular complexity index is 813. The number of allylic oxidation sites excluding steroid dienone is 2. The molecule has 0 saturated carbocycles. The van der Waals surface area contributed by atoms with E-state index in [9.17, 15) is 14.4 Å². The Hall–Kier alpha value is -2.77. The zero-order valence-electron chi connectivity index (χ0n) is 22.6. The van der Waals surface area contributed by atoms with Crippen molar-refractivity contribution in [2.24, 2.45) is 11.8 Å². The molecule has 0 aliphatic carbocycles. The number of amides is 2. The van der Waals surface area contributed by atoms with Crippen LogP contribution in [0.2, 0.25) is 0 Å². The van der Waals surface area contributed by atoms with E-state index >= 15 is 0 Å². The normalized spacial score (nSPS) is 25.9. The first-order valence-electron chi connectivity index (χ1n) is 13.2. The van der Waals surface area contributed by atoms with Crippen molar-refractivity contribution in [3.63, 3.8) is 0 Å². The molecule has 2 aliphatic heterocycles. The van der Waals surface area contributed by atoms with Crippen LogP contribution in [0.4, 0.5) is 9.59 Å². The van der Waals surface area contributed by atoms with Gasteiger partial charge >= 0.3 is 18.2 Å². The number of carbonyl (C=O) groups is 3. The number of nitrogens with zero attached hydrogens (tertiary/aromatic N) is 2. The molecule has 202 valence electrons. The lowest BCUT2D eigenvalue weighted by molar-refractivity contribution is -0.148. The minimum atomic E-state index is -0.425. The zero-order chi connectivity index (χ0) is 26.5. The van der Waals surface area contributed by atoms with E-state index in [-0.39, 0.29) is 36.1 Å². The van der Waals surface area contributed by atoms with Gasteiger partial charge in [0, 0.05) is 45.4 Å². The second-order valence-corrected chi connectivity index (χ2v) is 10.1. The quantitative estimate of drug-likeness (QED) is 0.206. The Balaban J connectivity index is 2.02. The Morgan fingerprint density at radius 1 is 1.17 bits per heavy atom. The number of cyclic esters (lactones) is 1. The molecule has 2 heterocycles. The van der Waals surface area contributed by atoms with Crippen molar-refractivity contribution in [2.75, 3.05) is 33.8 Å². The lowest BCUT2D eigenvalue weighted by Gasteiger charge is -2.25. The molecule has 0 radical (unpaired) electrons. The number of rotatable bonds is 6. The summed E-state index contributed by atoms with van der Waals surface area (Å²) < 4.78 is 16.9. The van der Waals surface area contributed by atoms with Gasteiger partial charge in [0.05, 0.1) is 6.61 Å². The number of likely N-dealkylation sites (tertiary alicyclic amines) is 1. The number of hydrogen-bond donors (Lipinski definition) is 0. The molecule has 2 amide bonds. The smallest absolute Gasteiger partial charge is 0.409 e. The maximum absolute atomic E-state index is 12.5. The molecule has 1 saturated heterocycles. The minimum absolute atomic E-state index is 0.0592. The predicted octanol–water partition coefficient (Wildman–Crippen LogP) is 5.49. The van der Waals surface area contributed by atoms with Crippen LogP contribution >= 0.6 is 0 Å². The van der Waals surface area contributed by atoms with Crippen LogP contribution in [-0.2, 0) is 19.0 Å². The van der Waals surface area contributed by atoms with E-state index in [2.05, 4.69) is 0 Å². The van der Waals surface area contributed by atoms with Gasteiger partial charge in [-0.15, -0.1) is 0 Å². The molecule has 4 atom stereocenters. The second kappa shape index (κ2) is 15.4. The third-order valence-corrected chi connectivity index (χ3v) is 6.43. The van der Waals surface area contributed by atoms with E-state index < -0.39 is 6.10 Å². The standard InChI is InChI=1S/C28H44N2O6/c1-21(20-34-28(33)30-18-9-10-19-30)12-11-13-22(2)26-23(3)16-17-24(35-27(32)29(4)5)14-7-6-8-15-25(31)36-26/h11-13,16-17,21,23-24,26H,6-10,14-15,18-20H2,1-5H3/b12-11+,17-16+,22-13+/t21-,23+,24+,26-/m1/s1. The monoisotopic (exact) mass is 504 g/mol. The van der Waals surface area contributed by atoms with Gasteiger partial charge in [-0.1, -0.05) is 44.6 Å². The van der Waals surface area contributed by atoms with Crippen molar-refractivity contribution in [2.45, 2.75) is 77.9 Å². The molecule has 0 aromatic heterocycles. The van der Waals surface area contributed by atoms with E-state index in [1.54, 1.807) is 19.0 Å². The highest BCUT2D eigenvalue weighted by atomic mass is 16.6. The molecular weight excluding hydrogens is 460 g/mol. The molecule has 2 aliphatic rings. The number of esters is 1. The van der Waals surface area contributed by atoms with Crippen LogP contribution < -0.4 is 0 Å². The largest absolute Gasteiger partial charge is 0.457 e. The highest BCUT2D eigenvalue weighted by molar-refractivity contribution is 5.70. The Morgan fingerprint density at radius 3 is 2.58 bits per heavy atom. The van der Waals surface area contributed by atoms with E-state index in [0.29, 0.717) is 13.0 Å². The molecule has 0 aromatic rings. The molecule has 36 heavy (non-hydrogen) atoms. The second-order valence-electron chi connectivity index (χ2n) is 10.1. The van der Waals surface area contributed by atoms with Gasteiger partial charge in [-0.05, 0) is 50.7 Å². The van der Waals surface area contributed by atoms with Crippen molar-refractivity contribution in [1.82, 2.24) is 9.80 Å². The fraction of sp³-hybridized carbons (Fsp3) is 0.679. The molecule has 8 heteroatoms. The van der Waals surface area contributed by atoms with Crippen LogP contribution in [0, 0.1) is 11.8 Å². The number of hydrogen-bond acceptors (Lipinski definition) is 6. The first-order chi connectivity index (χ1) is 17.2. The molecule has 0 spiro atoms. The topological polar surface area (TPSA) is 85.4 Å². The average molecular weight is 505 g/mol. The number of carbonyl (C=O) groups excluding carboxylic acids is 3. The SMILES string of the molecule is C/C(=C\C=C\[C@@H](C)COC(=O)N1CCCC1)[C@H]1OC(=O)CCCCC[C@H](OC(=O)N(C)C)/C=C/[C@@H]1C. The van der Waals surface area contributed by atoms with Crippen LogP contribution in [-0.4, -0.2) is 74.0 Å². The molecule has 0 bridgehead atoms. The molecular formula is C28H44N2O6. The van der Waals surface area contributed by atoms with E-state index in [1.165, 1.54) is 4.90 Å². The Labute approximate surface area is 216 Å². The van der Waals surface area contributed by atoms with Gasteiger partial charge in [-0.3, -0.25) is 4.79 Å². The van der Waals surface area contributed by atoms with Crippen LogP contribution in [0.1, 0.15) is 65.7 Å². The first kappa shape index (κ1) is 29.5. The summed E-state index contributed by atoms with van der Waals surface area (Å²) in [7, 11) is 3.33. The lowest BCUT2D eigenvalue weighted by atomic mass is 9.95. The van der Waals surface area contributed by atoms with Gasteiger partial charge in [0.1, 0.15) is 12.2 Å². The van der Waals surface area contributed by atoms with Gasteiger partial charge in [-0.25, -0.2) is 9.59 Å². The van der Waals surface area contributed by atoms with Crippen LogP contribution in [0.25, 0.3) is 0 Å². The van der Waals surface area contributed by atoms with Crippen LogP contribution in [0.15, 0.2) is 36.0 Å². The van der Waals surface area contributed by atoms with Gasteiger partial charge in [0.2, 0.25) is 0 Å². The summed E-state index contributed by atoms with van der Waals surface area (Å²) >= 11 is 0. The highest BCUT2D eigenvalue weighted by Gasteiger charge is 2.23. The summed E-state index contributed by atoms with van der Waals surface area (Å²) in [6.45, 7) is 7.80.